The second-order valence-electron chi connectivity index (χ2n) is 20.7. The van der Waals surface area contributed by atoms with Crippen LogP contribution in [0.2, 0.25) is 0 Å². The molecule has 0 spiro atoms. The Labute approximate surface area is 424 Å². The Morgan fingerprint density at radius 1 is 0.412 bits per heavy atom. The highest BCUT2D eigenvalue weighted by Gasteiger charge is 2.18. The van der Waals surface area contributed by atoms with Gasteiger partial charge in [0.2, 0.25) is 5.91 Å². The van der Waals surface area contributed by atoms with Crippen molar-refractivity contribution in [2.24, 2.45) is 0 Å². The number of ether oxygens (including phenoxy) is 1. The molecule has 0 heterocycles. The highest BCUT2D eigenvalue weighted by molar-refractivity contribution is 5.76. The summed E-state index contributed by atoms with van der Waals surface area (Å²) in [6.45, 7) is 4.85. The van der Waals surface area contributed by atoms with Crippen molar-refractivity contribution in [3.8, 4) is 0 Å². The third kappa shape index (κ3) is 53.4. The van der Waals surface area contributed by atoms with Crippen LogP contribution in [0.3, 0.4) is 0 Å². The van der Waals surface area contributed by atoms with E-state index in [0.717, 1.165) is 51.4 Å². The summed E-state index contributed by atoms with van der Waals surface area (Å²) in [7, 11) is 0. The van der Waals surface area contributed by atoms with Crippen molar-refractivity contribution in [1.82, 2.24) is 5.32 Å². The van der Waals surface area contributed by atoms with Crippen molar-refractivity contribution in [3.05, 3.63) is 36.5 Å². The molecule has 0 aromatic carbocycles. The van der Waals surface area contributed by atoms with Crippen molar-refractivity contribution < 1.29 is 24.5 Å². The lowest BCUT2D eigenvalue weighted by Gasteiger charge is -2.20. The number of hydrogen-bond acceptors (Lipinski definition) is 5. The molecule has 0 aliphatic carbocycles. The number of carbonyl (C=O) groups excluding carboxylic acids is 2. The lowest BCUT2D eigenvalue weighted by molar-refractivity contribution is -0.143. The molecule has 1 amide bonds. The monoisotopic (exact) mass is 956 g/mol. The fourth-order valence-electron chi connectivity index (χ4n) is 9.26. The van der Waals surface area contributed by atoms with Gasteiger partial charge in [0.1, 0.15) is 0 Å². The van der Waals surface area contributed by atoms with Gasteiger partial charge in [-0.25, -0.2) is 0 Å². The van der Waals surface area contributed by atoms with Crippen LogP contribution in [0.1, 0.15) is 322 Å². The van der Waals surface area contributed by atoms with Gasteiger partial charge in [0, 0.05) is 12.8 Å². The lowest BCUT2D eigenvalue weighted by atomic mass is 10.0. The van der Waals surface area contributed by atoms with Gasteiger partial charge < -0.3 is 20.3 Å². The molecule has 0 fully saturated rings. The molecular formula is C62H117NO5. The summed E-state index contributed by atoms with van der Waals surface area (Å²) < 4.78 is 5.47. The Kier molecular flexibility index (Phi) is 56.0. The van der Waals surface area contributed by atoms with E-state index in [-0.39, 0.29) is 18.5 Å². The second-order valence-corrected chi connectivity index (χ2v) is 20.7. The molecular weight excluding hydrogens is 839 g/mol. The molecule has 6 nitrogen and oxygen atoms in total. The van der Waals surface area contributed by atoms with Crippen LogP contribution in [0.4, 0.5) is 0 Å². The molecule has 2 unspecified atom stereocenters. The number of esters is 1. The molecule has 0 aliphatic rings. The minimum Gasteiger partial charge on any atom is -0.466 e. The van der Waals surface area contributed by atoms with E-state index in [4.69, 9.17) is 4.74 Å². The summed E-state index contributed by atoms with van der Waals surface area (Å²) in [5, 5.41) is 23.2. The first-order valence-corrected chi connectivity index (χ1v) is 30.3. The van der Waals surface area contributed by atoms with Crippen molar-refractivity contribution in [2.75, 3.05) is 13.2 Å². The maximum Gasteiger partial charge on any atom is 0.305 e. The summed E-state index contributed by atoms with van der Waals surface area (Å²) >= 11 is 0. The van der Waals surface area contributed by atoms with Gasteiger partial charge in [-0.3, -0.25) is 9.59 Å². The molecule has 0 bridgehead atoms. The topological polar surface area (TPSA) is 95.9 Å². The Hall–Kier alpha value is -1.92. The predicted molar refractivity (Wildman–Crippen MR) is 296 cm³/mol. The zero-order valence-electron chi connectivity index (χ0n) is 45.6. The first-order chi connectivity index (χ1) is 33.5. The summed E-state index contributed by atoms with van der Waals surface area (Å²) in [6, 6.07) is -0.629. The maximum absolute atomic E-state index is 12.5. The first kappa shape index (κ1) is 66.1. The quantitative estimate of drug-likeness (QED) is 0.0321. The summed E-state index contributed by atoms with van der Waals surface area (Å²) in [4.78, 5) is 24.5. The Balaban J connectivity index is 3.42. The third-order valence-electron chi connectivity index (χ3n) is 13.9. The van der Waals surface area contributed by atoms with Gasteiger partial charge in [0.05, 0.1) is 25.4 Å². The number of aliphatic hydroxyl groups is 2. The maximum atomic E-state index is 12.5. The van der Waals surface area contributed by atoms with Crippen molar-refractivity contribution in [3.63, 3.8) is 0 Å². The Bertz CT molecular complexity index is 1100. The van der Waals surface area contributed by atoms with Crippen LogP contribution in [0, 0.1) is 0 Å². The van der Waals surface area contributed by atoms with Gasteiger partial charge in [0.25, 0.3) is 0 Å². The molecule has 68 heavy (non-hydrogen) atoms. The average molecular weight is 957 g/mol. The predicted octanol–water partition coefficient (Wildman–Crippen LogP) is 18.8. The Morgan fingerprint density at radius 2 is 0.765 bits per heavy atom. The van der Waals surface area contributed by atoms with Gasteiger partial charge in [-0.15, -0.1) is 0 Å². The summed E-state index contributed by atoms with van der Waals surface area (Å²) in [5.74, 6) is -0.0716. The molecule has 0 aliphatic heterocycles. The van der Waals surface area contributed by atoms with Gasteiger partial charge >= 0.3 is 5.97 Å². The van der Waals surface area contributed by atoms with Crippen LogP contribution < -0.4 is 5.32 Å². The number of carbonyl (C=O) groups is 2. The third-order valence-corrected chi connectivity index (χ3v) is 13.9. The zero-order chi connectivity index (χ0) is 49.3. The smallest absolute Gasteiger partial charge is 0.305 e. The van der Waals surface area contributed by atoms with Gasteiger partial charge in [-0.2, -0.15) is 0 Å². The normalized spacial score (nSPS) is 12.8. The van der Waals surface area contributed by atoms with E-state index in [2.05, 4.69) is 43.5 Å². The molecule has 0 aromatic heterocycles. The van der Waals surface area contributed by atoms with Gasteiger partial charge in [-0.05, 0) is 57.8 Å². The van der Waals surface area contributed by atoms with E-state index in [9.17, 15) is 19.8 Å². The van der Waals surface area contributed by atoms with E-state index in [1.807, 2.05) is 6.08 Å². The molecule has 0 rings (SSSR count). The lowest BCUT2D eigenvalue weighted by Crippen LogP contribution is -2.45. The zero-order valence-corrected chi connectivity index (χ0v) is 45.6. The van der Waals surface area contributed by atoms with Crippen molar-refractivity contribution in [2.45, 2.75) is 334 Å². The highest BCUT2D eigenvalue weighted by atomic mass is 16.5. The molecule has 6 heteroatoms. The fraction of sp³-hybridized carbons (Fsp3) is 0.871. The van der Waals surface area contributed by atoms with Crippen LogP contribution in [0.15, 0.2) is 36.5 Å². The number of rotatable bonds is 56. The molecule has 0 saturated carbocycles. The molecule has 0 radical (unpaired) electrons. The van der Waals surface area contributed by atoms with Crippen molar-refractivity contribution >= 4 is 11.9 Å². The van der Waals surface area contributed by atoms with Crippen LogP contribution in [-0.2, 0) is 14.3 Å². The average Bonchev–Trinajstić information content (AvgIpc) is 3.34. The fourth-order valence-corrected chi connectivity index (χ4v) is 9.26. The number of amides is 1. The van der Waals surface area contributed by atoms with Gasteiger partial charge in [-0.1, -0.05) is 288 Å². The number of nitrogens with one attached hydrogen (secondary N) is 1. The van der Waals surface area contributed by atoms with E-state index in [1.54, 1.807) is 6.08 Å². The molecule has 0 aromatic rings. The minimum absolute atomic E-state index is 0.00403. The van der Waals surface area contributed by atoms with E-state index in [0.29, 0.717) is 19.4 Å². The molecule has 3 N–H and O–H groups in total. The standard InChI is InChI=1S/C62H117NO5/c1-3-5-7-9-11-13-15-17-18-24-27-31-34-38-42-46-50-54-60(65)59(58-64)63-61(66)55-51-47-43-39-35-32-28-25-22-20-19-21-23-26-29-33-37-41-45-49-53-57-68-62(67)56-52-48-44-40-36-30-16-14-12-10-8-6-4-2/h8,10,14,16,50,54,59-60,64-65H,3-7,9,11-13,15,17-49,51-53,55-58H2,1-2H3,(H,63,66)/b10-8-,16-14-,54-50+. The SMILES string of the molecule is CCC/C=C\C/C=C\CCCCCCCC(=O)OCCCCCCCCCCCCCCCCCCCCCCCC(=O)NC(CO)C(O)/C=C/CCCCCCCCCCCCCCCCC. The summed E-state index contributed by atoms with van der Waals surface area (Å²) in [5.41, 5.74) is 0. The largest absolute Gasteiger partial charge is 0.466 e. The van der Waals surface area contributed by atoms with E-state index < -0.39 is 12.1 Å². The van der Waals surface area contributed by atoms with Crippen LogP contribution >= 0.6 is 0 Å². The molecule has 2 atom stereocenters. The molecule has 400 valence electrons. The summed E-state index contributed by atoms with van der Waals surface area (Å²) in [6.07, 6.45) is 71.7. The minimum atomic E-state index is -0.846. The highest BCUT2D eigenvalue weighted by Crippen LogP contribution is 2.17. The van der Waals surface area contributed by atoms with Gasteiger partial charge in [0.15, 0.2) is 0 Å². The van der Waals surface area contributed by atoms with Crippen molar-refractivity contribution in [1.29, 1.82) is 0 Å². The number of aliphatic hydroxyl groups excluding tert-OH is 2. The Morgan fingerprint density at radius 3 is 1.18 bits per heavy atom. The van der Waals surface area contributed by atoms with E-state index >= 15 is 0 Å². The second kappa shape index (κ2) is 57.7. The van der Waals surface area contributed by atoms with Crippen LogP contribution in [0.25, 0.3) is 0 Å². The first-order valence-electron chi connectivity index (χ1n) is 30.3. The van der Waals surface area contributed by atoms with Crippen LogP contribution in [-0.4, -0.2) is 47.4 Å². The van der Waals surface area contributed by atoms with Crippen LogP contribution in [0.5, 0.6) is 0 Å². The number of unbranched alkanes of at least 4 members (excludes halogenated alkanes) is 41. The van der Waals surface area contributed by atoms with E-state index in [1.165, 1.54) is 244 Å². The number of hydrogen-bond donors (Lipinski definition) is 3. The molecule has 0 saturated heterocycles. The number of allylic oxidation sites excluding steroid dienone is 5.